The van der Waals surface area contributed by atoms with Gasteiger partial charge in [0.05, 0.1) is 16.9 Å². The molecule has 1 aliphatic heterocycles. The zero-order chi connectivity index (χ0) is 23.7. The van der Waals surface area contributed by atoms with Gasteiger partial charge in [-0.15, -0.1) is 0 Å². The van der Waals surface area contributed by atoms with Crippen molar-refractivity contribution in [3.05, 3.63) is 48.6 Å². The lowest BCUT2D eigenvalue weighted by atomic mass is 10.1. The highest BCUT2D eigenvalue weighted by Gasteiger charge is 2.20. The second kappa shape index (κ2) is 8.97. The van der Waals surface area contributed by atoms with Crippen LogP contribution in [-0.2, 0) is 11.8 Å². The standard InChI is InChI=1S/C24H25N7O3/c1-15(32)26-22-11-16(6-7-25-22)24-28-20(14-34-24)23(33)27-19-10-17-13-30(2)29-18(17)12-21(19)31-8-4-3-5-9-31/h6-7,10-14H,3-5,8-9H2,1-2H3,(H,27,33)(H,25,26,32). The van der Waals surface area contributed by atoms with Crippen molar-refractivity contribution in [2.75, 3.05) is 28.6 Å². The molecule has 3 aromatic heterocycles. The number of piperidine rings is 1. The molecule has 2 N–H and O–H groups in total. The van der Waals surface area contributed by atoms with Gasteiger partial charge in [0, 0.05) is 50.4 Å². The number of carbonyl (C=O) groups is 2. The minimum absolute atomic E-state index is 0.156. The molecule has 174 valence electrons. The molecule has 5 rings (SSSR count). The summed E-state index contributed by atoms with van der Waals surface area (Å²) in [5.41, 5.74) is 3.32. The van der Waals surface area contributed by atoms with E-state index in [4.69, 9.17) is 4.42 Å². The molecule has 1 saturated heterocycles. The second-order valence-corrected chi connectivity index (χ2v) is 8.38. The second-order valence-electron chi connectivity index (χ2n) is 8.38. The van der Waals surface area contributed by atoms with Gasteiger partial charge in [0.25, 0.3) is 5.91 Å². The summed E-state index contributed by atoms with van der Waals surface area (Å²) in [6.45, 7) is 3.28. The highest BCUT2D eigenvalue weighted by atomic mass is 16.3. The third kappa shape index (κ3) is 4.47. The molecule has 10 nitrogen and oxygen atoms in total. The van der Waals surface area contributed by atoms with E-state index in [1.165, 1.54) is 19.6 Å². The highest BCUT2D eigenvalue weighted by Crippen LogP contribution is 2.33. The summed E-state index contributed by atoms with van der Waals surface area (Å²) >= 11 is 0. The lowest BCUT2D eigenvalue weighted by molar-refractivity contribution is -0.114. The predicted octanol–water partition coefficient (Wildman–Crippen LogP) is 3.82. The van der Waals surface area contributed by atoms with Crippen molar-refractivity contribution < 1.29 is 14.0 Å². The molecule has 1 aliphatic rings. The van der Waals surface area contributed by atoms with Gasteiger partial charge < -0.3 is 20.0 Å². The predicted molar refractivity (Wildman–Crippen MR) is 129 cm³/mol. The zero-order valence-electron chi connectivity index (χ0n) is 19.0. The lowest BCUT2D eigenvalue weighted by Crippen LogP contribution is -2.30. The molecule has 0 saturated carbocycles. The number of aromatic nitrogens is 4. The average molecular weight is 460 g/mol. The fraction of sp³-hybridized carbons (Fsp3) is 0.292. The Morgan fingerprint density at radius 1 is 1.09 bits per heavy atom. The Morgan fingerprint density at radius 3 is 2.71 bits per heavy atom. The largest absolute Gasteiger partial charge is 0.444 e. The topological polar surface area (TPSA) is 118 Å². The molecule has 2 amide bonds. The van der Waals surface area contributed by atoms with E-state index >= 15 is 0 Å². The van der Waals surface area contributed by atoms with Crippen LogP contribution in [0.4, 0.5) is 17.2 Å². The Balaban J connectivity index is 1.42. The SMILES string of the molecule is CC(=O)Nc1cc(-c2nc(C(=O)Nc3cc4cn(C)nc4cc3N3CCCCC3)co2)ccn1. The molecule has 4 heterocycles. The summed E-state index contributed by atoms with van der Waals surface area (Å²) in [4.78, 5) is 35.1. The van der Waals surface area contributed by atoms with Crippen LogP contribution in [0.25, 0.3) is 22.4 Å². The first-order valence-electron chi connectivity index (χ1n) is 11.2. The fourth-order valence-electron chi connectivity index (χ4n) is 4.19. The number of pyridine rings is 1. The molecule has 0 spiro atoms. The van der Waals surface area contributed by atoms with Gasteiger partial charge in [-0.2, -0.15) is 5.10 Å². The molecule has 1 aromatic carbocycles. The minimum Gasteiger partial charge on any atom is -0.444 e. The number of nitrogens with zero attached hydrogens (tertiary/aromatic N) is 5. The first-order chi connectivity index (χ1) is 16.5. The van der Waals surface area contributed by atoms with Gasteiger partial charge in [-0.05, 0) is 43.5 Å². The molecule has 0 atom stereocenters. The highest BCUT2D eigenvalue weighted by molar-refractivity contribution is 6.06. The lowest BCUT2D eigenvalue weighted by Gasteiger charge is -2.30. The smallest absolute Gasteiger partial charge is 0.277 e. The summed E-state index contributed by atoms with van der Waals surface area (Å²) in [7, 11) is 1.88. The number of hydrogen-bond acceptors (Lipinski definition) is 7. The normalized spacial score (nSPS) is 13.8. The van der Waals surface area contributed by atoms with Crippen molar-refractivity contribution in [3.8, 4) is 11.5 Å². The molecule has 10 heteroatoms. The number of hydrogen-bond donors (Lipinski definition) is 2. The number of anilines is 3. The average Bonchev–Trinajstić information content (AvgIpc) is 3.45. The Bertz CT molecular complexity index is 1370. The van der Waals surface area contributed by atoms with Crippen LogP contribution in [0.1, 0.15) is 36.7 Å². The number of oxazole rings is 1. The van der Waals surface area contributed by atoms with E-state index in [1.807, 2.05) is 25.4 Å². The zero-order valence-corrected chi connectivity index (χ0v) is 19.0. The molecule has 0 radical (unpaired) electrons. The third-order valence-corrected chi connectivity index (χ3v) is 5.73. The van der Waals surface area contributed by atoms with E-state index in [9.17, 15) is 9.59 Å². The van der Waals surface area contributed by atoms with Crippen molar-refractivity contribution in [2.45, 2.75) is 26.2 Å². The first-order valence-corrected chi connectivity index (χ1v) is 11.2. The molecule has 1 fully saturated rings. The molecular formula is C24H25N7O3. The Hall–Kier alpha value is -4.21. The molecular weight excluding hydrogens is 434 g/mol. The van der Waals surface area contributed by atoms with E-state index < -0.39 is 0 Å². The number of benzene rings is 1. The van der Waals surface area contributed by atoms with E-state index in [0.717, 1.165) is 42.5 Å². The summed E-state index contributed by atoms with van der Waals surface area (Å²) in [5.74, 6) is 0.0446. The van der Waals surface area contributed by atoms with Crippen LogP contribution in [0, 0.1) is 0 Å². The maximum atomic E-state index is 13.1. The van der Waals surface area contributed by atoms with Crippen molar-refractivity contribution in [1.29, 1.82) is 0 Å². The Labute approximate surface area is 196 Å². The summed E-state index contributed by atoms with van der Waals surface area (Å²) in [6, 6.07) is 7.32. The maximum Gasteiger partial charge on any atom is 0.277 e. The summed E-state index contributed by atoms with van der Waals surface area (Å²) in [5, 5.41) is 11.1. The Morgan fingerprint density at radius 2 is 1.91 bits per heavy atom. The van der Waals surface area contributed by atoms with E-state index in [1.54, 1.807) is 23.0 Å². The molecule has 0 unspecified atom stereocenters. The van der Waals surface area contributed by atoms with Crippen molar-refractivity contribution in [3.63, 3.8) is 0 Å². The summed E-state index contributed by atoms with van der Waals surface area (Å²) in [6.07, 6.45) is 8.24. The monoisotopic (exact) mass is 459 g/mol. The third-order valence-electron chi connectivity index (χ3n) is 5.73. The van der Waals surface area contributed by atoms with Crippen LogP contribution in [0.5, 0.6) is 0 Å². The Kier molecular flexibility index (Phi) is 5.70. The van der Waals surface area contributed by atoms with Crippen LogP contribution < -0.4 is 15.5 Å². The van der Waals surface area contributed by atoms with E-state index in [0.29, 0.717) is 17.1 Å². The molecule has 0 aliphatic carbocycles. The fourth-order valence-corrected chi connectivity index (χ4v) is 4.19. The first kappa shape index (κ1) is 21.6. The van der Waals surface area contributed by atoms with Crippen molar-refractivity contribution in [1.82, 2.24) is 19.7 Å². The van der Waals surface area contributed by atoms with Crippen LogP contribution in [0.3, 0.4) is 0 Å². The summed E-state index contributed by atoms with van der Waals surface area (Å²) < 4.78 is 7.32. The minimum atomic E-state index is -0.368. The van der Waals surface area contributed by atoms with Gasteiger partial charge in [-0.1, -0.05) is 0 Å². The molecule has 4 aromatic rings. The van der Waals surface area contributed by atoms with Gasteiger partial charge in [-0.3, -0.25) is 14.3 Å². The van der Waals surface area contributed by atoms with Crippen LogP contribution in [0.15, 0.2) is 47.3 Å². The van der Waals surface area contributed by atoms with Crippen LogP contribution in [0.2, 0.25) is 0 Å². The number of nitrogens with one attached hydrogen (secondary N) is 2. The van der Waals surface area contributed by atoms with Crippen molar-refractivity contribution in [2.24, 2.45) is 7.05 Å². The number of fused-ring (bicyclic) bond motifs is 1. The van der Waals surface area contributed by atoms with Gasteiger partial charge in [0.1, 0.15) is 12.1 Å². The van der Waals surface area contributed by atoms with Gasteiger partial charge in [-0.25, -0.2) is 9.97 Å². The number of carbonyl (C=O) groups excluding carboxylic acids is 2. The number of aryl methyl sites for hydroxylation is 1. The number of amides is 2. The van der Waals surface area contributed by atoms with Gasteiger partial charge >= 0.3 is 0 Å². The van der Waals surface area contributed by atoms with Crippen LogP contribution in [-0.4, -0.2) is 44.7 Å². The quantitative estimate of drug-likeness (QED) is 0.466. The van der Waals surface area contributed by atoms with Gasteiger partial charge in [0.15, 0.2) is 5.69 Å². The van der Waals surface area contributed by atoms with E-state index in [-0.39, 0.29) is 23.4 Å². The van der Waals surface area contributed by atoms with E-state index in [2.05, 4.69) is 30.6 Å². The maximum absolute atomic E-state index is 13.1. The van der Waals surface area contributed by atoms with Crippen molar-refractivity contribution >= 4 is 39.9 Å². The number of rotatable bonds is 5. The molecule has 0 bridgehead atoms. The molecule has 34 heavy (non-hydrogen) atoms. The van der Waals surface area contributed by atoms with Crippen LogP contribution >= 0.6 is 0 Å². The van der Waals surface area contributed by atoms with Gasteiger partial charge in [0.2, 0.25) is 11.8 Å².